The van der Waals surface area contributed by atoms with Gasteiger partial charge in [0.15, 0.2) is 6.10 Å². The van der Waals surface area contributed by atoms with Gasteiger partial charge in [0.1, 0.15) is 5.75 Å². The molecule has 4 nitrogen and oxygen atoms in total. The molecule has 0 aromatic heterocycles. The molecule has 4 rings (SSSR count). The average molecular weight is 357 g/mol. The Hall–Kier alpha value is -2.20. The molecule has 0 bridgehead atoms. The van der Waals surface area contributed by atoms with Crippen molar-refractivity contribution in [1.82, 2.24) is 4.90 Å². The lowest BCUT2D eigenvalue weighted by Gasteiger charge is -2.37. The Morgan fingerprint density at radius 3 is 2.68 bits per heavy atom. The Bertz CT molecular complexity index is 800. The SMILES string of the molecule is Cc1cccc(N2CCN(C(=O)[C@@H]3Cc4cc(Cl)ccc4O3)CC2)c1. The number of hydrogen-bond donors (Lipinski definition) is 0. The van der Waals surface area contributed by atoms with Crippen molar-refractivity contribution >= 4 is 23.2 Å². The van der Waals surface area contributed by atoms with Crippen LogP contribution >= 0.6 is 11.6 Å². The van der Waals surface area contributed by atoms with Crippen LogP contribution in [-0.4, -0.2) is 43.1 Å². The maximum absolute atomic E-state index is 12.8. The van der Waals surface area contributed by atoms with Crippen molar-refractivity contribution in [3.05, 3.63) is 58.6 Å². The van der Waals surface area contributed by atoms with Crippen LogP contribution in [0.3, 0.4) is 0 Å². The van der Waals surface area contributed by atoms with Crippen molar-refractivity contribution in [2.45, 2.75) is 19.4 Å². The van der Waals surface area contributed by atoms with Gasteiger partial charge in [-0.3, -0.25) is 4.79 Å². The fraction of sp³-hybridized carbons (Fsp3) is 0.350. The van der Waals surface area contributed by atoms with Crippen LogP contribution in [0.4, 0.5) is 5.69 Å². The molecule has 2 heterocycles. The molecule has 2 aromatic rings. The van der Waals surface area contributed by atoms with Crippen molar-refractivity contribution in [3.8, 4) is 5.75 Å². The van der Waals surface area contributed by atoms with E-state index in [1.807, 2.05) is 17.0 Å². The van der Waals surface area contributed by atoms with E-state index in [2.05, 4.69) is 36.1 Å². The van der Waals surface area contributed by atoms with Gasteiger partial charge in [-0.2, -0.15) is 0 Å². The molecule has 1 saturated heterocycles. The first-order chi connectivity index (χ1) is 12.1. The molecule has 0 radical (unpaired) electrons. The highest BCUT2D eigenvalue weighted by Gasteiger charge is 2.33. The number of halogens is 1. The van der Waals surface area contributed by atoms with Gasteiger partial charge in [-0.1, -0.05) is 23.7 Å². The number of amides is 1. The lowest BCUT2D eigenvalue weighted by atomic mass is 10.1. The lowest BCUT2D eigenvalue weighted by Crippen LogP contribution is -2.52. The average Bonchev–Trinajstić information content (AvgIpc) is 3.04. The van der Waals surface area contributed by atoms with Gasteiger partial charge in [0.05, 0.1) is 0 Å². The van der Waals surface area contributed by atoms with Crippen LogP contribution in [-0.2, 0) is 11.2 Å². The predicted octanol–water partition coefficient (Wildman–Crippen LogP) is 3.30. The number of hydrogen-bond acceptors (Lipinski definition) is 3. The van der Waals surface area contributed by atoms with Gasteiger partial charge < -0.3 is 14.5 Å². The highest BCUT2D eigenvalue weighted by Crippen LogP contribution is 2.32. The third-order valence-electron chi connectivity index (χ3n) is 4.93. The normalized spacial score (nSPS) is 19.5. The summed E-state index contributed by atoms with van der Waals surface area (Å²) in [6, 6.07) is 14.0. The maximum Gasteiger partial charge on any atom is 0.264 e. The van der Waals surface area contributed by atoms with Crippen molar-refractivity contribution in [1.29, 1.82) is 0 Å². The molecule has 0 unspecified atom stereocenters. The van der Waals surface area contributed by atoms with Crippen molar-refractivity contribution in [2.24, 2.45) is 0 Å². The number of piperazine rings is 1. The molecule has 2 aliphatic heterocycles. The second kappa shape index (κ2) is 6.60. The van der Waals surface area contributed by atoms with Gasteiger partial charge in [-0.05, 0) is 48.4 Å². The minimum absolute atomic E-state index is 0.0798. The number of ether oxygens (including phenoxy) is 1. The molecule has 2 aliphatic rings. The third kappa shape index (κ3) is 3.31. The number of fused-ring (bicyclic) bond motifs is 1. The van der Waals surface area contributed by atoms with Gasteiger partial charge in [0, 0.05) is 43.3 Å². The Labute approximate surface area is 152 Å². The highest BCUT2D eigenvalue weighted by molar-refractivity contribution is 6.30. The summed E-state index contributed by atoms with van der Waals surface area (Å²) < 4.78 is 5.84. The van der Waals surface area contributed by atoms with E-state index in [4.69, 9.17) is 16.3 Å². The second-order valence-electron chi connectivity index (χ2n) is 6.71. The zero-order chi connectivity index (χ0) is 17.4. The predicted molar refractivity (Wildman–Crippen MR) is 99.5 cm³/mol. The first kappa shape index (κ1) is 16.3. The minimum atomic E-state index is -0.418. The number of rotatable bonds is 2. The summed E-state index contributed by atoms with van der Waals surface area (Å²) >= 11 is 6.03. The highest BCUT2D eigenvalue weighted by atomic mass is 35.5. The molecular weight excluding hydrogens is 336 g/mol. The Morgan fingerprint density at radius 2 is 1.92 bits per heavy atom. The summed E-state index contributed by atoms with van der Waals surface area (Å²) in [5.41, 5.74) is 3.50. The Morgan fingerprint density at radius 1 is 1.12 bits per heavy atom. The Kier molecular flexibility index (Phi) is 4.30. The van der Waals surface area contributed by atoms with E-state index >= 15 is 0 Å². The van der Waals surface area contributed by atoms with E-state index in [1.165, 1.54) is 11.3 Å². The number of carbonyl (C=O) groups excluding carboxylic acids is 1. The smallest absolute Gasteiger partial charge is 0.264 e. The second-order valence-corrected chi connectivity index (χ2v) is 7.15. The standard InChI is InChI=1S/C20H21ClN2O2/c1-14-3-2-4-17(11-14)22-7-9-23(10-8-22)20(24)19-13-15-12-16(21)5-6-18(15)25-19/h2-6,11-12,19H,7-10,13H2,1H3/t19-/m0/s1. The van der Waals surface area contributed by atoms with Gasteiger partial charge in [-0.15, -0.1) is 0 Å². The molecule has 0 N–H and O–H groups in total. The van der Waals surface area contributed by atoms with Crippen molar-refractivity contribution < 1.29 is 9.53 Å². The topological polar surface area (TPSA) is 32.8 Å². The van der Waals surface area contributed by atoms with E-state index in [1.54, 1.807) is 6.07 Å². The number of anilines is 1. The largest absolute Gasteiger partial charge is 0.480 e. The minimum Gasteiger partial charge on any atom is -0.480 e. The number of benzene rings is 2. The van der Waals surface area contributed by atoms with Gasteiger partial charge >= 0.3 is 0 Å². The van der Waals surface area contributed by atoms with Crippen LogP contribution in [0.15, 0.2) is 42.5 Å². The first-order valence-corrected chi connectivity index (χ1v) is 9.03. The summed E-state index contributed by atoms with van der Waals surface area (Å²) in [5.74, 6) is 0.859. The van der Waals surface area contributed by atoms with Crippen molar-refractivity contribution in [3.63, 3.8) is 0 Å². The van der Waals surface area contributed by atoms with Crippen LogP contribution < -0.4 is 9.64 Å². The van der Waals surface area contributed by atoms with E-state index in [-0.39, 0.29) is 5.91 Å². The van der Waals surface area contributed by atoms with E-state index in [9.17, 15) is 4.79 Å². The molecule has 1 amide bonds. The molecule has 5 heteroatoms. The van der Waals surface area contributed by atoms with Crippen LogP contribution in [0.25, 0.3) is 0 Å². The van der Waals surface area contributed by atoms with E-state index < -0.39 is 6.10 Å². The summed E-state index contributed by atoms with van der Waals surface area (Å²) in [4.78, 5) is 17.1. The molecule has 1 fully saturated rings. The molecular formula is C20H21ClN2O2. The summed E-state index contributed by atoms with van der Waals surface area (Å²) in [6.07, 6.45) is 0.186. The molecule has 2 aromatic carbocycles. The fourth-order valence-corrected chi connectivity index (χ4v) is 3.76. The molecule has 0 spiro atoms. The zero-order valence-electron chi connectivity index (χ0n) is 14.2. The first-order valence-electron chi connectivity index (χ1n) is 8.65. The van der Waals surface area contributed by atoms with Gasteiger partial charge in [0.25, 0.3) is 5.91 Å². The molecule has 1 atom stereocenters. The summed E-state index contributed by atoms with van der Waals surface area (Å²) in [5, 5.41) is 0.683. The monoisotopic (exact) mass is 356 g/mol. The number of carbonyl (C=O) groups is 1. The Balaban J connectivity index is 1.37. The van der Waals surface area contributed by atoms with Gasteiger partial charge in [0.2, 0.25) is 0 Å². The van der Waals surface area contributed by atoms with Gasteiger partial charge in [-0.25, -0.2) is 0 Å². The molecule has 130 valence electrons. The molecule has 0 aliphatic carbocycles. The lowest BCUT2D eigenvalue weighted by molar-refractivity contribution is -0.138. The fourth-order valence-electron chi connectivity index (χ4n) is 3.57. The van der Waals surface area contributed by atoms with Crippen LogP contribution in [0.1, 0.15) is 11.1 Å². The van der Waals surface area contributed by atoms with E-state index in [0.29, 0.717) is 11.4 Å². The van der Waals surface area contributed by atoms with Crippen LogP contribution in [0, 0.1) is 6.92 Å². The van der Waals surface area contributed by atoms with Crippen molar-refractivity contribution in [2.75, 3.05) is 31.1 Å². The molecule has 0 saturated carbocycles. The number of nitrogens with zero attached hydrogens (tertiary/aromatic N) is 2. The number of aryl methyl sites for hydroxylation is 1. The maximum atomic E-state index is 12.8. The summed E-state index contributed by atoms with van der Waals surface area (Å²) in [7, 11) is 0. The molecule has 25 heavy (non-hydrogen) atoms. The zero-order valence-corrected chi connectivity index (χ0v) is 15.0. The quantitative estimate of drug-likeness (QED) is 0.827. The third-order valence-corrected chi connectivity index (χ3v) is 5.17. The van der Waals surface area contributed by atoms with E-state index in [0.717, 1.165) is 37.5 Å². The van der Waals surface area contributed by atoms with Crippen LogP contribution in [0.2, 0.25) is 5.02 Å². The summed E-state index contributed by atoms with van der Waals surface area (Å²) in [6.45, 7) is 5.25. The van der Waals surface area contributed by atoms with Crippen LogP contribution in [0.5, 0.6) is 5.75 Å².